The van der Waals surface area contributed by atoms with Crippen molar-refractivity contribution in [1.82, 2.24) is 18.8 Å². The van der Waals surface area contributed by atoms with Crippen molar-refractivity contribution < 1.29 is 0 Å². The number of fused-ring (bicyclic) bond motifs is 8. The van der Waals surface area contributed by atoms with Crippen LogP contribution in [0.1, 0.15) is 0 Å². The van der Waals surface area contributed by atoms with E-state index in [2.05, 4.69) is 92.5 Å². The Bertz CT molecular complexity index is 3560. The van der Waals surface area contributed by atoms with Crippen LogP contribution in [0.5, 0.6) is 0 Å². The highest BCUT2D eigenvalue weighted by Gasteiger charge is 2.24. The van der Waals surface area contributed by atoms with Crippen molar-refractivity contribution in [2.24, 2.45) is 0 Å². The summed E-state index contributed by atoms with van der Waals surface area (Å²) in [5.41, 5.74) is 10.6. The number of hydrogen-bond donors (Lipinski definition) is 0. The number of para-hydroxylation sites is 2. The maximum Gasteiger partial charge on any atom is 0.266 e. The largest absolute Gasteiger partial charge is 0.268 e. The second-order valence-electron chi connectivity index (χ2n) is 14.7. The molecule has 6 heterocycles. The van der Waals surface area contributed by atoms with Gasteiger partial charge in [0, 0.05) is 21.9 Å². The minimum absolute atomic E-state index is 0.0527. The van der Waals surface area contributed by atoms with Crippen molar-refractivity contribution in [2.75, 3.05) is 0 Å². The Kier molecular flexibility index (Phi) is 9.73. The molecule has 0 aliphatic heterocycles. The topological polar surface area (TPSA) is 68.7 Å². The predicted molar refractivity (Wildman–Crippen MR) is 266 cm³/mol. The monoisotopic (exact) mass is 964 g/mol. The minimum atomic E-state index is -0.0527. The third kappa shape index (κ3) is 6.41. The number of thiophene rings is 2. The van der Waals surface area contributed by atoms with Crippen molar-refractivity contribution in [2.45, 2.75) is 0 Å². The fraction of sp³-hybridized carbons (Fsp3) is 0. The zero-order chi connectivity index (χ0) is 41.9. The first-order chi connectivity index (χ1) is 30.4. The van der Waals surface area contributed by atoms with Crippen molar-refractivity contribution in [3.8, 4) is 44.8 Å². The number of nitrogens with zero attached hydrogens (tertiary/aromatic N) is 4. The molecular weight excluding hydrogens is 937 g/mol. The Hall–Kier alpha value is -6.56. The van der Waals surface area contributed by atoms with Gasteiger partial charge in [-0.3, -0.25) is 18.4 Å². The highest BCUT2D eigenvalue weighted by Crippen LogP contribution is 2.45. The molecule has 0 saturated heterocycles. The van der Waals surface area contributed by atoms with Crippen LogP contribution in [0.4, 0.5) is 0 Å². The van der Waals surface area contributed by atoms with Gasteiger partial charge >= 0.3 is 0 Å². The lowest BCUT2D eigenvalue weighted by Gasteiger charge is -2.17. The van der Waals surface area contributed by atoms with E-state index in [9.17, 15) is 9.59 Å². The van der Waals surface area contributed by atoms with Crippen LogP contribution < -0.4 is 11.1 Å². The summed E-state index contributed by atoms with van der Waals surface area (Å²) < 4.78 is 7.60. The van der Waals surface area contributed by atoms with Crippen molar-refractivity contribution >= 4 is 108 Å². The lowest BCUT2D eigenvalue weighted by Crippen LogP contribution is -2.18. The molecular formula is C52H30Br2N4O2S2. The van der Waals surface area contributed by atoms with Gasteiger partial charge in [0.25, 0.3) is 11.1 Å². The summed E-state index contributed by atoms with van der Waals surface area (Å²) >= 11 is 10.6. The van der Waals surface area contributed by atoms with Gasteiger partial charge in [0.2, 0.25) is 0 Å². The van der Waals surface area contributed by atoms with E-state index in [-0.39, 0.29) is 11.1 Å². The van der Waals surface area contributed by atoms with Crippen LogP contribution in [-0.2, 0) is 0 Å². The van der Waals surface area contributed by atoms with Crippen LogP contribution in [0.25, 0.3) is 98.0 Å². The van der Waals surface area contributed by atoms with Gasteiger partial charge in [-0.25, -0.2) is 9.97 Å². The molecule has 0 radical (unpaired) electrons. The third-order valence-corrected chi connectivity index (χ3v) is 14.3. The second kappa shape index (κ2) is 15.7. The predicted octanol–water partition coefficient (Wildman–Crippen LogP) is 14.3. The molecule has 0 spiro atoms. The molecule has 296 valence electrons. The Balaban J connectivity index is 0.000000139. The normalized spacial score (nSPS) is 11.5. The summed E-state index contributed by atoms with van der Waals surface area (Å²) in [4.78, 5) is 37.6. The van der Waals surface area contributed by atoms with Gasteiger partial charge < -0.3 is 0 Å². The van der Waals surface area contributed by atoms with Gasteiger partial charge in [-0.1, -0.05) is 146 Å². The molecule has 0 fully saturated rings. The van der Waals surface area contributed by atoms with E-state index in [1.165, 1.54) is 0 Å². The molecule has 0 unspecified atom stereocenters. The Morgan fingerprint density at radius 3 is 1.08 bits per heavy atom. The van der Waals surface area contributed by atoms with Gasteiger partial charge in [-0.05, 0) is 90.5 Å². The highest BCUT2D eigenvalue weighted by molar-refractivity contribution is 9.11. The van der Waals surface area contributed by atoms with Crippen LogP contribution in [0.2, 0.25) is 0 Å². The molecule has 6 nitrogen and oxygen atoms in total. The Labute approximate surface area is 378 Å². The van der Waals surface area contributed by atoms with Gasteiger partial charge in [-0.15, -0.1) is 22.7 Å². The van der Waals surface area contributed by atoms with Crippen molar-refractivity contribution in [3.63, 3.8) is 0 Å². The lowest BCUT2D eigenvalue weighted by atomic mass is 9.96. The maximum atomic E-state index is 13.8. The van der Waals surface area contributed by atoms with E-state index in [0.29, 0.717) is 33.1 Å². The average molecular weight is 967 g/mol. The van der Waals surface area contributed by atoms with E-state index in [0.717, 1.165) is 72.5 Å². The van der Waals surface area contributed by atoms with E-state index in [1.807, 2.05) is 121 Å². The molecule has 0 aliphatic rings. The molecule has 62 heavy (non-hydrogen) atoms. The number of aromatic nitrogens is 4. The van der Waals surface area contributed by atoms with Gasteiger partial charge in [0.1, 0.15) is 0 Å². The zero-order valence-electron chi connectivity index (χ0n) is 32.5. The lowest BCUT2D eigenvalue weighted by molar-refractivity contribution is 1.10. The van der Waals surface area contributed by atoms with E-state index >= 15 is 0 Å². The fourth-order valence-corrected chi connectivity index (χ4v) is 11.6. The number of halogens is 2. The molecule has 0 saturated carbocycles. The number of hydrogen-bond acceptors (Lipinski definition) is 6. The summed E-state index contributed by atoms with van der Waals surface area (Å²) in [6, 6.07) is 60.1. The van der Waals surface area contributed by atoms with Crippen molar-refractivity contribution in [1.29, 1.82) is 0 Å². The molecule has 6 aromatic carbocycles. The number of pyridine rings is 2. The number of rotatable bonds is 4. The molecule has 0 amide bonds. The average Bonchev–Trinajstić information content (AvgIpc) is 3.91. The molecule has 0 aliphatic carbocycles. The molecule has 10 heteroatoms. The number of benzene rings is 6. The van der Waals surface area contributed by atoms with Crippen LogP contribution in [-0.4, -0.2) is 18.8 Å². The van der Waals surface area contributed by atoms with Crippen LogP contribution >= 0.6 is 54.5 Å². The smallest absolute Gasteiger partial charge is 0.266 e. The quantitative estimate of drug-likeness (QED) is 0.165. The van der Waals surface area contributed by atoms with Gasteiger partial charge in [-0.2, -0.15) is 0 Å². The van der Waals surface area contributed by atoms with E-state index in [4.69, 9.17) is 9.97 Å². The van der Waals surface area contributed by atoms with Crippen molar-refractivity contribution in [3.05, 3.63) is 210 Å². The summed E-state index contributed by atoms with van der Waals surface area (Å²) in [7, 11) is 0. The molecule has 12 rings (SSSR count). The fourth-order valence-electron chi connectivity index (χ4n) is 8.42. The second-order valence-corrected chi connectivity index (χ2v) is 19.5. The molecule has 0 atom stereocenters. The standard InChI is InChI=1S/2C26H15BrN2OS/c2*27-21-15-19-22(16-9-3-1-4-10-16)23(17-11-5-2-6-12-17)29-25(24(19)31-21)28-20-14-8-7-13-18(20)26(29)30/h2*1-15H. The molecule has 12 aromatic rings. The minimum Gasteiger partial charge on any atom is -0.268 e. The Morgan fingerprint density at radius 2 is 0.710 bits per heavy atom. The first-order valence-corrected chi connectivity index (χ1v) is 23.0. The summed E-state index contributed by atoms with van der Waals surface area (Å²) in [6.45, 7) is 0. The third-order valence-electron chi connectivity index (χ3n) is 11.0. The van der Waals surface area contributed by atoms with E-state index in [1.54, 1.807) is 31.5 Å². The first-order valence-electron chi connectivity index (χ1n) is 19.8. The first kappa shape index (κ1) is 38.4. The molecule has 0 N–H and O–H groups in total. The molecule has 0 bridgehead atoms. The SMILES string of the molecule is O=c1c2ccccc2nc2c3sc(Br)cc3c(-c3ccccc3)c(-c3ccccc3)n12.O=c1c2ccccc2nc2c3sc(Br)cc3c(-c3ccccc3)c(-c3ccccc3)n12. The van der Waals surface area contributed by atoms with E-state index < -0.39 is 0 Å². The van der Waals surface area contributed by atoms with Gasteiger partial charge in [0.05, 0.1) is 50.2 Å². The highest BCUT2D eigenvalue weighted by atomic mass is 79.9. The summed E-state index contributed by atoms with van der Waals surface area (Å²) in [5.74, 6) is 0. The van der Waals surface area contributed by atoms with Crippen LogP contribution in [0.15, 0.2) is 199 Å². The van der Waals surface area contributed by atoms with Gasteiger partial charge in [0.15, 0.2) is 11.3 Å². The zero-order valence-corrected chi connectivity index (χ0v) is 37.3. The van der Waals surface area contributed by atoms with Crippen LogP contribution in [0, 0.1) is 0 Å². The summed E-state index contributed by atoms with van der Waals surface area (Å²) in [5, 5.41) is 3.41. The molecule has 6 aromatic heterocycles. The van der Waals surface area contributed by atoms with Crippen LogP contribution in [0.3, 0.4) is 0 Å². The summed E-state index contributed by atoms with van der Waals surface area (Å²) in [6.07, 6.45) is 0. The Morgan fingerprint density at radius 1 is 0.387 bits per heavy atom. The maximum absolute atomic E-state index is 13.8.